The van der Waals surface area contributed by atoms with Crippen LogP contribution in [-0.4, -0.2) is 72.1 Å². The van der Waals surface area contributed by atoms with Gasteiger partial charge in [0, 0.05) is 32.0 Å². The molecule has 3 heterocycles. The smallest absolute Gasteiger partial charge is 0.410 e. The summed E-state index contributed by atoms with van der Waals surface area (Å²) in [5.74, 6) is -0.0730. The monoisotopic (exact) mass is 460 g/mol. The molecular weight excluding hydrogens is 429 g/mol. The van der Waals surface area contributed by atoms with Crippen molar-refractivity contribution >= 4 is 20.2 Å². The second-order valence-electron chi connectivity index (χ2n) is 9.82. The van der Waals surface area contributed by atoms with Gasteiger partial charge in [0.15, 0.2) is 8.32 Å². The van der Waals surface area contributed by atoms with Crippen LogP contribution in [0.3, 0.4) is 0 Å². The van der Waals surface area contributed by atoms with Crippen molar-refractivity contribution in [3.05, 3.63) is 18.0 Å². The predicted molar refractivity (Wildman–Crippen MR) is 112 cm³/mol. The van der Waals surface area contributed by atoms with Crippen molar-refractivity contribution in [3.8, 4) is 0 Å². The van der Waals surface area contributed by atoms with Crippen molar-refractivity contribution in [2.75, 3.05) is 24.5 Å². The Bertz CT molecular complexity index is 798. The van der Waals surface area contributed by atoms with Gasteiger partial charge in [-0.1, -0.05) is 20.8 Å². The summed E-state index contributed by atoms with van der Waals surface area (Å²) in [6.45, 7) is 11.9. The zero-order valence-electron chi connectivity index (χ0n) is 18.6. The Morgan fingerprint density at radius 1 is 1.13 bits per heavy atom. The molecule has 2 aliphatic heterocycles. The Morgan fingerprint density at radius 2 is 1.74 bits per heavy atom. The molecule has 31 heavy (non-hydrogen) atoms. The predicted octanol–water partition coefficient (Wildman–Crippen LogP) is 3.06. The first kappa shape index (κ1) is 23.9. The number of hydrogen-bond donors (Lipinski definition) is 1. The average Bonchev–Trinajstić information content (AvgIpc) is 2.99. The van der Waals surface area contributed by atoms with Gasteiger partial charge in [0.25, 0.3) is 5.91 Å². The lowest BCUT2D eigenvalue weighted by Crippen LogP contribution is -2.60. The van der Waals surface area contributed by atoms with Crippen molar-refractivity contribution < 1.29 is 27.5 Å². The minimum absolute atomic E-state index is 0.0563. The zero-order chi connectivity index (χ0) is 23.2. The molecule has 3 atom stereocenters. The van der Waals surface area contributed by atoms with E-state index in [4.69, 9.17) is 4.43 Å². The molecule has 0 spiro atoms. The van der Waals surface area contributed by atoms with E-state index >= 15 is 0 Å². The van der Waals surface area contributed by atoms with Gasteiger partial charge < -0.3 is 19.3 Å². The Morgan fingerprint density at radius 3 is 2.23 bits per heavy atom. The number of likely N-dealkylation sites (tertiary alicyclic amines) is 1. The number of alkyl halides is 3. The lowest BCUT2D eigenvalue weighted by molar-refractivity contribution is -0.139. The minimum atomic E-state index is -4.49. The van der Waals surface area contributed by atoms with Crippen LogP contribution in [0.4, 0.5) is 19.1 Å². The molecule has 1 amide bonds. The largest absolute Gasteiger partial charge is 0.419 e. The van der Waals surface area contributed by atoms with Crippen LogP contribution in [0.1, 0.15) is 39.2 Å². The van der Waals surface area contributed by atoms with Gasteiger partial charge in [0.2, 0.25) is 5.95 Å². The first-order chi connectivity index (χ1) is 14.2. The maximum absolute atomic E-state index is 12.8. The number of piperidine rings is 1. The van der Waals surface area contributed by atoms with Crippen molar-refractivity contribution in [2.24, 2.45) is 0 Å². The number of halogens is 3. The highest BCUT2D eigenvalue weighted by Gasteiger charge is 2.46. The van der Waals surface area contributed by atoms with E-state index < -0.39 is 26.2 Å². The number of carbonyl (C=O) groups is 1. The van der Waals surface area contributed by atoms with Crippen LogP contribution >= 0.6 is 0 Å². The highest BCUT2D eigenvalue weighted by Crippen LogP contribution is 2.39. The van der Waals surface area contributed by atoms with E-state index in [0.717, 1.165) is 12.4 Å². The first-order valence-electron chi connectivity index (χ1n) is 10.5. The number of hydrogen-bond acceptors (Lipinski definition) is 6. The lowest BCUT2D eigenvalue weighted by atomic mass is 10.0. The zero-order valence-corrected chi connectivity index (χ0v) is 19.6. The third-order valence-electron chi connectivity index (χ3n) is 6.64. The average molecular weight is 461 g/mol. The molecule has 7 nitrogen and oxygen atoms in total. The second-order valence-corrected chi connectivity index (χ2v) is 14.6. The minimum Gasteiger partial charge on any atom is -0.410 e. The van der Waals surface area contributed by atoms with Gasteiger partial charge in [-0.15, -0.1) is 0 Å². The molecular formula is C20H31F3N4O3Si. The number of anilines is 1. The highest BCUT2D eigenvalue weighted by atomic mass is 28.4. The molecule has 0 aliphatic carbocycles. The van der Waals surface area contributed by atoms with E-state index in [2.05, 4.69) is 43.8 Å². The van der Waals surface area contributed by atoms with E-state index in [9.17, 15) is 23.1 Å². The molecule has 1 aromatic heterocycles. The summed E-state index contributed by atoms with van der Waals surface area (Å²) in [6, 6.07) is -0.204. The van der Waals surface area contributed by atoms with Crippen LogP contribution in [-0.2, 0) is 15.4 Å². The number of amides is 1. The molecule has 0 radical (unpaired) electrons. The summed E-state index contributed by atoms with van der Waals surface area (Å²) < 4.78 is 45.2. The van der Waals surface area contributed by atoms with Gasteiger partial charge in [-0.25, -0.2) is 9.97 Å². The fourth-order valence-electron chi connectivity index (χ4n) is 3.76. The van der Waals surface area contributed by atoms with Gasteiger partial charge in [0.1, 0.15) is 6.10 Å². The van der Waals surface area contributed by atoms with Crippen LogP contribution in [0.25, 0.3) is 0 Å². The van der Waals surface area contributed by atoms with Gasteiger partial charge in [-0.05, 0) is 31.0 Å². The van der Waals surface area contributed by atoms with Crippen molar-refractivity contribution in [1.82, 2.24) is 14.9 Å². The van der Waals surface area contributed by atoms with E-state index in [1.807, 2.05) is 4.90 Å². The summed E-state index contributed by atoms with van der Waals surface area (Å²) >= 11 is 0. The Hall–Kier alpha value is -1.72. The third kappa shape index (κ3) is 5.03. The summed E-state index contributed by atoms with van der Waals surface area (Å²) in [5, 5.41) is 9.87. The number of carbonyl (C=O) groups excluding carboxylic acids is 1. The topological polar surface area (TPSA) is 78.8 Å². The van der Waals surface area contributed by atoms with E-state index in [1.54, 1.807) is 4.90 Å². The fraction of sp³-hybridized carbons (Fsp3) is 0.750. The summed E-state index contributed by atoms with van der Waals surface area (Å²) in [4.78, 5) is 23.9. The second kappa shape index (κ2) is 8.32. The molecule has 1 unspecified atom stereocenters. The van der Waals surface area contributed by atoms with Gasteiger partial charge >= 0.3 is 6.18 Å². The standard InChI is InChI=1S/C20H31F3N4O3Si/c1-19(2,3)31(4,5)30-16-12-26(18-24-10-13(11-25-18)20(21,22)23)8-6-14(16)27-9-7-15(28)17(27)29/h10-11,14-16,28H,6-9,12H2,1-5H3/t14-,15+,16?/m0/s1. The number of rotatable bonds is 4. The van der Waals surface area contributed by atoms with Crippen LogP contribution in [0.5, 0.6) is 0 Å². The molecule has 2 saturated heterocycles. The van der Waals surface area contributed by atoms with Crippen molar-refractivity contribution in [2.45, 2.75) is 76.2 Å². The summed E-state index contributed by atoms with van der Waals surface area (Å²) in [7, 11) is -2.21. The lowest BCUT2D eigenvalue weighted by Gasteiger charge is -2.47. The van der Waals surface area contributed by atoms with E-state index in [-0.39, 0.29) is 29.0 Å². The molecule has 1 N–H and O–H groups in total. The van der Waals surface area contributed by atoms with Gasteiger partial charge in [0.05, 0.1) is 17.7 Å². The molecule has 2 fully saturated rings. The van der Waals surface area contributed by atoms with E-state index in [0.29, 0.717) is 32.5 Å². The molecule has 2 aliphatic rings. The molecule has 0 aromatic carbocycles. The number of nitrogens with zero attached hydrogens (tertiary/aromatic N) is 4. The first-order valence-corrected chi connectivity index (χ1v) is 13.4. The molecule has 3 rings (SSSR count). The summed E-state index contributed by atoms with van der Waals surface area (Å²) in [5.41, 5.74) is -0.892. The van der Waals surface area contributed by atoms with Crippen molar-refractivity contribution in [1.29, 1.82) is 0 Å². The molecule has 1 aromatic rings. The SMILES string of the molecule is CC(C)(C)[Si](C)(C)OC1CN(c2ncc(C(F)(F)F)cn2)CC[C@@H]1N1CC[C@@H](O)C1=O. The quantitative estimate of drug-likeness (QED) is 0.696. The Balaban J connectivity index is 1.84. The van der Waals surface area contributed by atoms with Crippen LogP contribution < -0.4 is 4.90 Å². The van der Waals surface area contributed by atoms with E-state index in [1.165, 1.54) is 0 Å². The van der Waals surface area contributed by atoms with Gasteiger partial charge in [-0.2, -0.15) is 13.2 Å². The highest BCUT2D eigenvalue weighted by molar-refractivity contribution is 6.74. The van der Waals surface area contributed by atoms with Crippen LogP contribution in [0.15, 0.2) is 12.4 Å². The maximum Gasteiger partial charge on any atom is 0.419 e. The van der Waals surface area contributed by atoms with Crippen LogP contribution in [0, 0.1) is 0 Å². The van der Waals surface area contributed by atoms with Crippen LogP contribution in [0.2, 0.25) is 18.1 Å². The molecule has 174 valence electrons. The Labute approximate surface area is 181 Å². The van der Waals surface area contributed by atoms with Crippen molar-refractivity contribution in [3.63, 3.8) is 0 Å². The number of aromatic nitrogens is 2. The molecule has 0 bridgehead atoms. The molecule has 11 heteroatoms. The maximum atomic E-state index is 12.8. The van der Waals surface area contributed by atoms with Gasteiger partial charge in [-0.3, -0.25) is 4.79 Å². The normalized spacial score (nSPS) is 26.0. The third-order valence-corrected chi connectivity index (χ3v) is 11.1. The summed E-state index contributed by atoms with van der Waals surface area (Å²) in [6.07, 6.45) is -3.29. The number of aliphatic hydroxyl groups excluding tert-OH is 1. The fourth-order valence-corrected chi connectivity index (χ4v) is 5.10. The molecule has 0 saturated carbocycles. The Kier molecular flexibility index (Phi) is 6.42. The number of aliphatic hydroxyl groups is 1.